The predicted octanol–water partition coefficient (Wildman–Crippen LogP) is 13.8. The van der Waals surface area contributed by atoms with Gasteiger partial charge in [0.25, 0.3) is 47.3 Å². The Hall–Kier alpha value is -11.9. The first-order chi connectivity index (χ1) is 55.2. The lowest BCUT2D eigenvalue weighted by Crippen LogP contribution is -2.52. The summed E-state index contributed by atoms with van der Waals surface area (Å²) in [7, 11) is 0. The molecule has 1 aliphatic rings. The standard InChI is InChI=1S/C22H23F3N2O4.C20H19F5N2O2.2C19H17F5N2O3/c1-12-3-4-14(20(30)26-15-5-6-17(23)13(2)9-15)10-16(12)22(24,25)21(31)27-8-7-18(28)19(29)11-27;1-3-9-27(4-2)19(29)20(24,25)14-10-12(5-7-15(14)21)18(28)26-13-6-8-16(22)17(23)11-13;2*1-10(9-27)8-25-18(29)19(23,24)13-6-11(2-4-14(13)20)17(28)26-12-3-5-15(21)16(22)7-12/h3-6,9-10,18-19,28-29H,7-8,11H2,1-2H3,(H,26,30);5-8,10-11H,3-4,9H2,1-2H3,(H,26,28);2*2-7,10,27H,8-9H2,1H3,(H,25,29)(H,26,28)/t18-,19-;;2*10-/m1.10/s1. The van der Waals surface area contributed by atoms with Crippen LogP contribution in [0.2, 0.25) is 0 Å². The number of carbonyl (C=O) groups is 8. The second-order valence-corrected chi connectivity index (χ2v) is 26.6. The molecule has 8 amide bonds. The number of anilines is 4. The number of likely N-dealkylation sites (tertiary alicyclic amines) is 1. The lowest BCUT2D eigenvalue weighted by atomic mass is 9.97. The number of aryl methyl sites for hydroxylation is 2. The van der Waals surface area contributed by atoms with Crippen LogP contribution in [0.3, 0.4) is 0 Å². The van der Waals surface area contributed by atoms with Crippen LogP contribution in [-0.4, -0.2) is 142 Å². The average molecular weight is 1680 g/mol. The van der Waals surface area contributed by atoms with E-state index in [9.17, 15) is 119 Å². The molecular weight excluding hydrogens is 1610 g/mol. The van der Waals surface area contributed by atoms with Gasteiger partial charge in [-0.15, -0.1) is 0 Å². The smallest absolute Gasteiger partial charge is 0.352 e. The predicted molar refractivity (Wildman–Crippen MR) is 392 cm³/mol. The number of rotatable bonds is 25. The zero-order valence-corrected chi connectivity index (χ0v) is 63.0. The number of piperidine rings is 1. The molecule has 8 aromatic rings. The van der Waals surface area contributed by atoms with Crippen molar-refractivity contribution in [2.45, 2.75) is 90.3 Å². The summed E-state index contributed by atoms with van der Waals surface area (Å²) in [5.74, 6) is -39.7. The van der Waals surface area contributed by atoms with Gasteiger partial charge in [-0.05, 0) is 178 Å². The number of nitrogens with zero attached hydrogens (tertiary/aromatic N) is 2. The normalized spacial score (nSPS) is 13.9. The molecule has 0 aromatic heterocycles. The molecule has 0 saturated carbocycles. The second kappa shape index (κ2) is 41.3. The first kappa shape index (κ1) is 94.9. The number of alkyl halides is 8. The van der Waals surface area contributed by atoms with Crippen LogP contribution >= 0.6 is 0 Å². The Kier molecular flexibility index (Phi) is 33.2. The average Bonchev–Trinajstić information content (AvgIpc) is 0.796. The molecule has 1 heterocycles. The molecule has 38 heteroatoms. The molecule has 0 spiro atoms. The van der Waals surface area contributed by atoms with Crippen molar-refractivity contribution >= 4 is 70.0 Å². The van der Waals surface area contributed by atoms with Gasteiger partial charge in [0.1, 0.15) is 23.3 Å². The van der Waals surface area contributed by atoms with Crippen LogP contribution in [-0.2, 0) is 42.9 Å². The van der Waals surface area contributed by atoms with Crippen molar-refractivity contribution in [1.29, 1.82) is 0 Å². The molecule has 10 N–H and O–H groups in total. The van der Waals surface area contributed by atoms with Crippen LogP contribution in [0, 0.1) is 83.9 Å². The van der Waals surface area contributed by atoms with Crippen molar-refractivity contribution in [3.05, 3.63) is 259 Å². The van der Waals surface area contributed by atoms with Gasteiger partial charge in [-0.1, -0.05) is 26.8 Å². The van der Waals surface area contributed by atoms with Crippen LogP contribution in [0.1, 0.15) is 115 Å². The Morgan fingerprint density at radius 2 is 0.746 bits per heavy atom. The quantitative estimate of drug-likeness (QED) is 0.0239. The number of amides is 8. The molecule has 0 bridgehead atoms. The third-order valence-electron chi connectivity index (χ3n) is 17.4. The first-order valence-corrected chi connectivity index (χ1v) is 35.4. The molecule has 0 unspecified atom stereocenters. The summed E-state index contributed by atoms with van der Waals surface area (Å²) in [5, 5.41) is 49.9. The summed E-state index contributed by atoms with van der Waals surface area (Å²) < 4.78 is 251. The number of aliphatic hydroxyl groups is 4. The number of hydrogen-bond donors (Lipinski definition) is 10. The number of nitrogens with one attached hydrogen (secondary N) is 6. The zero-order chi connectivity index (χ0) is 88.2. The summed E-state index contributed by atoms with van der Waals surface area (Å²) in [6.07, 6.45) is -1.94. The fourth-order valence-corrected chi connectivity index (χ4v) is 10.6. The number of hydrogen-bond acceptors (Lipinski definition) is 12. The van der Waals surface area contributed by atoms with E-state index in [1.54, 1.807) is 6.92 Å². The van der Waals surface area contributed by atoms with E-state index in [1.165, 1.54) is 65.0 Å². The molecular formula is C80H76F18N8O12. The van der Waals surface area contributed by atoms with Crippen molar-refractivity contribution in [3.8, 4) is 0 Å². The number of benzene rings is 8. The maximum Gasteiger partial charge on any atom is 0.352 e. The Morgan fingerprint density at radius 3 is 1.08 bits per heavy atom. The minimum Gasteiger partial charge on any atom is -0.396 e. The van der Waals surface area contributed by atoms with Crippen LogP contribution < -0.4 is 31.9 Å². The van der Waals surface area contributed by atoms with E-state index in [1.807, 2.05) is 10.6 Å². The van der Waals surface area contributed by atoms with Gasteiger partial charge in [-0.2, -0.15) is 35.1 Å². The van der Waals surface area contributed by atoms with Crippen LogP contribution in [0.4, 0.5) is 102 Å². The molecule has 8 aromatic carbocycles. The largest absolute Gasteiger partial charge is 0.396 e. The highest BCUT2D eigenvalue weighted by Crippen LogP contribution is 2.38. The van der Waals surface area contributed by atoms with Crippen molar-refractivity contribution in [3.63, 3.8) is 0 Å². The Labute approximate surface area is 661 Å². The SMILES string of the molecule is CCCN(CC)C(=O)C(F)(F)c1cc(C(=O)Nc2ccc(F)c(F)c2)ccc1F.C[C@@H](CO)CNC(=O)C(F)(F)c1cc(C(=O)Nc2ccc(F)c(F)c2)ccc1F.C[C@H](CO)CNC(=O)C(F)(F)c1cc(C(=O)Nc2ccc(F)c(F)c2)ccc1F.Cc1cc(NC(=O)c2ccc(C)c(C(F)(F)C(=O)N3CC[C@@H](O)[C@H](O)C3)c2)ccc1F. The monoisotopic (exact) mass is 1680 g/mol. The lowest BCUT2D eigenvalue weighted by molar-refractivity contribution is -0.165. The summed E-state index contributed by atoms with van der Waals surface area (Å²) in [6.45, 7) is 7.51. The van der Waals surface area contributed by atoms with Crippen molar-refractivity contribution in [2.75, 3.05) is 73.7 Å². The number of β-amino-alcohol motifs (C(OH)–C–C–N with tert-alkyl or cyclic N) is 1. The second-order valence-electron chi connectivity index (χ2n) is 26.6. The van der Waals surface area contributed by atoms with Crippen LogP contribution in [0.15, 0.2) is 146 Å². The lowest BCUT2D eigenvalue weighted by Gasteiger charge is -2.35. The third kappa shape index (κ3) is 24.6. The number of likely N-dealkylation sites (N-methyl/N-ethyl adjacent to an activating group) is 1. The van der Waals surface area contributed by atoms with E-state index >= 15 is 8.78 Å². The summed E-state index contributed by atoms with van der Waals surface area (Å²) in [4.78, 5) is 99.2. The van der Waals surface area contributed by atoms with E-state index in [4.69, 9.17) is 10.2 Å². The highest BCUT2D eigenvalue weighted by molar-refractivity contribution is 6.07. The molecule has 1 fully saturated rings. The van der Waals surface area contributed by atoms with E-state index < -0.39 is 193 Å². The van der Waals surface area contributed by atoms with Crippen LogP contribution in [0.25, 0.3) is 0 Å². The molecule has 1 saturated heterocycles. The topological polar surface area (TPSA) is 296 Å². The maximum atomic E-state index is 15.1. The van der Waals surface area contributed by atoms with Gasteiger partial charge in [0.2, 0.25) is 0 Å². The molecule has 9 rings (SSSR count). The number of aliphatic hydroxyl groups excluding tert-OH is 4. The van der Waals surface area contributed by atoms with Gasteiger partial charge in [0, 0.05) is 121 Å². The van der Waals surface area contributed by atoms with Crippen molar-refractivity contribution in [2.24, 2.45) is 11.8 Å². The van der Waals surface area contributed by atoms with Gasteiger partial charge in [-0.3, -0.25) is 38.4 Å². The van der Waals surface area contributed by atoms with E-state index in [2.05, 4.69) is 21.3 Å². The fraction of sp³-hybridized carbons (Fsp3) is 0.300. The third-order valence-corrected chi connectivity index (χ3v) is 17.4. The highest BCUT2D eigenvalue weighted by atomic mass is 19.3. The molecule has 0 aliphatic carbocycles. The van der Waals surface area contributed by atoms with E-state index in [0.717, 1.165) is 70.5 Å². The minimum absolute atomic E-state index is 0.0124. The molecule has 634 valence electrons. The molecule has 118 heavy (non-hydrogen) atoms. The first-order valence-electron chi connectivity index (χ1n) is 35.4. The van der Waals surface area contributed by atoms with Crippen molar-refractivity contribution in [1.82, 2.24) is 20.4 Å². The highest BCUT2D eigenvalue weighted by Gasteiger charge is 2.49. The Bertz CT molecular complexity index is 4840. The van der Waals surface area contributed by atoms with Gasteiger partial charge in [0.15, 0.2) is 34.9 Å². The summed E-state index contributed by atoms with van der Waals surface area (Å²) in [6, 6.07) is 21.2. The molecule has 20 nitrogen and oxygen atoms in total. The van der Waals surface area contributed by atoms with Gasteiger partial charge in [-0.25, -0.2) is 43.9 Å². The van der Waals surface area contributed by atoms with E-state index in [0.29, 0.717) is 72.3 Å². The van der Waals surface area contributed by atoms with Gasteiger partial charge < -0.3 is 62.1 Å². The maximum absolute atomic E-state index is 15.1. The van der Waals surface area contributed by atoms with Gasteiger partial charge >= 0.3 is 23.7 Å². The molecule has 1 aliphatic heterocycles. The van der Waals surface area contributed by atoms with Gasteiger partial charge in [0.05, 0.1) is 28.9 Å². The number of carbonyl (C=O) groups excluding carboxylic acids is 8. The fourth-order valence-electron chi connectivity index (χ4n) is 10.6. The van der Waals surface area contributed by atoms with Crippen molar-refractivity contribution < 1.29 is 138 Å². The Balaban J connectivity index is 0.000000244. The summed E-state index contributed by atoms with van der Waals surface area (Å²) in [5.41, 5.74) is -5.54. The minimum atomic E-state index is -4.29. The summed E-state index contributed by atoms with van der Waals surface area (Å²) >= 11 is 0. The molecule has 0 radical (unpaired) electrons. The van der Waals surface area contributed by atoms with Crippen LogP contribution in [0.5, 0.6) is 0 Å². The number of halogens is 18. The van der Waals surface area contributed by atoms with E-state index in [-0.39, 0.29) is 86.1 Å². The molecule has 4 atom stereocenters. The Morgan fingerprint density at radius 1 is 0.415 bits per heavy atom. The zero-order valence-electron chi connectivity index (χ0n) is 63.0.